The van der Waals surface area contributed by atoms with E-state index in [1.807, 2.05) is 0 Å². The van der Waals surface area contributed by atoms with E-state index in [4.69, 9.17) is 6.64 Å². The van der Waals surface area contributed by atoms with Crippen LogP contribution in [-0.2, 0) is 36.9 Å². The third-order valence-corrected chi connectivity index (χ3v) is 10.3. The van der Waals surface area contributed by atoms with Crippen LogP contribution in [0.1, 0.15) is 144 Å². The molecule has 6 heteroatoms. The van der Waals surface area contributed by atoms with Gasteiger partial charge in [-0.2, -0.15) is 0 Å². The Bertz CT molecular complexity index is 612. The van der Waals surface area contributed by atoms with E-state index in [1.165, 1.54) is 77.0 Å². The zero-order chi connectivity index (χ0) is 25.8. The second kappa shape index (κ2) is 20.5. The fourth-order valence-corrected chi connectivity index (χ4v) is 6.42. The van der Waals surface area contributed by atoms with E-state index in [1.54, 1.807) is 27.7 Å². The zero-order valence-electron chi connectivity index (χ0n) is 22.9. The third-order valence-electron chi connectivity index (χ3n) is 6.10. The van der Waals surface area contributed by atoms with E-state index in [9.17, 15) is 12.9 Å². The van der Waals surface area contributed by atoms with Gasteiger partial charge in [0.15, 0.2) is 0 Å². The fourth-order valence-electron chi connectivity index (χ4n) is 3.90. The van der Waals surface area contributed by atoms with Gasteiger partial charge >= 0.3 is 150 Å². The first-order chi connectivity index (χ1) is 16.1. The molecule has 0 N–H and O–H groups in total. The number of ketones is 1. The average Bonchev–Trinajstić information content (AvgIpc) is 2.75. The summed E-state index contributed by atoms with van der Waals surface area (Å²) in [6, 6.07) is 0. The number of carbonyl (C=O) groups excluding carboxylic acids is 2. The molecular formula is C28H53O5Ti. The Kier molecular flexibility index (Phi) is 20.1. The van der Waals surface area contributed by atoms with Crippen molar-refractivity contribution < 1.29 is 36.9 Å². The van der Waals surface area contributed by atoms with Crippen molar-refractivity contribution >= 4 is 11.8 Å². The summed E-state index contributed by atoms with van der Waals surface area (Å²) < 4.78 is 23.1. The van der Waals surface area contributed by atoms with Crippen LogP contribution in [0.15, 0.2) is 12.2 Å². The van der Waals surface area contributed by atoms with Gasteiger partial charge < -0.3 is 0 Å². The van der Waals surface area contributed by atoms with Crippen molar-refractivity contribution in [1.29, 1.82) is 0 Å². The monoisotopic (exact) mass is 517 g/mol. The first-order valence-corrected chi connectivity index (χ1v) is 16.7. The number of hydrogen-bond donors (Lipinski definition) is 0. The molecule has 34 heavy (non-hydrogen) atoms. The van der Waals surface area contributed by atoms with Gasteiger partial charge in [0.25, 0.3) is 0 Å². The molecule has 0 aromatic rings. The van der Waals surface area contributed by atoms with Crippen LogP contribution in [0.25, 0.3) is 0 Å². The second-order valence-electron chi connectivity index (χ2n) is 10.3. The molecule has 5 nitrogen and oxygen atoms in total. The van der Waals surface area contributed by atoms with Gasteiger partial charge in [-0.25, -0.2) is 0 Å². The molecule has 0 radical (unpaired) electrons. The SMILES string of the molecule is C=C(CC(=O)CCCCCCCCCCCCCCCCC)C(=O)[O][Ti](=[O])([O]C(C)C)[CH](C)C. The molecule has 0 saturated heterocycles. The Morgan fingerprint density at radius 1 is 0.735 bits per heavy atom. The van der Waals surface area contributed by atoms with Crippen LogP contribution in [-0.4, -0.2) is 17.9 Å². The Hall–Kier alpha value is -0.646. The number of hydrogen-bond acceptors (Lipinski definition) is 5. The molecule has 0 saturated carbocycles. The molecule has 0 aliphatic carbocycles. The zero-order valence-corrected chi connectivity index (χ0v) is 24.5. The van der Waals surface area contributed by atoms with Gasteiger partial charge in [-0.3, -0.25) is 0 Å². The summed E-state index contributed by atoms with van der Waals surface area (Å²) >= 11 is -4.47. The molecule has 0 heterocycles. The van der Waals surface area contributed by atoms with Gasteiger partial charge in [-0.1, -0.05) is 64.7 Å². The molecule has 1 unspecified atom stereocenters. The van der Waals surface area contributed by atoms with E-state index in [0.29, 0.717) is 6.42 Å². The van der Waals surface area contributed by atoms with Crippen molar-refractivity contribution in [3.05, 3.63) is 12.2 Å². The van der Waals surface area contributed by atoms with E-state index >= 15 is 0 Å². The van der Waals surface area contributed by atoms with E-state index in [2.05, 4.69) is 13.5 Å². The summed E-state index contributed by atoms with van der Waals surface area (Å²) in [5, 5.41) is 0. The third kappa shape index (κ3) is 17.7. The summed E-state index contributed by atoms with van der Waals surface area (Å²) in [7, 11) is 0. The summed E-state index contributed by atoms with van der Waals surface area (Å²) in [6.45, 7) is 12.9. The van der Waals surface area contributed by atoms with Gasteiger partial charge in [0, 0.05) is 0 Å². The van der Waals surface area contributed by atoms with Crippen LogP contribution < -0.4 is 0 Å². The Morgan fingerprint density at radius 2 is 1.15 bits per heavy atom. The minimum absolute atomic E-state index is 0.0185. The van der Waals surface area contributed by atoms with Crippen LogP contribution in [0, 0.1) is 0 Å². The van der Waals surface area contributed by atoms with Crippen molar-refractivity contribution in [3.63, 3.8) is 0 Å². The van der Waals surface area contributed by atoms with Gasteiger partial charge in [0.1, 0.15) is 0 Å². The maximum absolute atomic E-state index is 12.8. The van der Waals surface area contributed by atoms with Crippen molar-refractivity contribution in [3.8, 4) is 0 Å². The number of unbranched alkanes of at least 4 members (excludes halogenated alkanes) is 14. The molecule has 0 bridgehead atoms. The molecule has 0 rings (SSSR count). The van der Waals surface area contributed by atoms with Crippen LogP contribution in [0.4, 0.5) is 0 Å². The van der Waals surface area contributed by atoms with Gasteiger partial charge in [0.2, 0.25) is 0 Å². The molecule has 0 amide bonds. The first kappa shape index (κ1) is 33.4. The standard InChI is InChI=1S/C22H40O3.C3H7O.C3H7.O.Ti/c1-3-4-5-6-7-8-9-10-11-12-13-14-15-16-17-18-21(23)19-20(2)22(24)25;1-3(2)4;1-3-2;;/h2-19H2,1H3,(H,24,25);3H,1-2H3;3H,1-2H3;;/q;-1;;;+2/p-1. The summed E-state index contributed by atoms with van der Waals surface area (Å²) in [5.41, 5.74) is 0.0600. The molecule has 0 aromatic heterocycles. The van der Waals surface area contributed by atoms with E-state index in [0.717, 1.165) is 19.3 Å². The minimum atomic E-state index is -4.47. The Labute approximate surface area is 214 Å². The van der Waals surface area contributed by atoms with Gasteiger partial charge in [-0.05, 0) is 0 Å². The number of Topliss-reactive ketones (excluding diaryl/α,β-unsaturated/α-hetero) is 1. The molecule has 1 atom stereocenters. The Balaban J connectivity index is 3.79. The predicted molar refractivity (Wildman–Crippen MR) is 136 cm³/mol. The van der Waals surface area contributed by atoms with Crippen LogP contribution in [0.5, 0.6) is 0 Å². The normalized spacial score (nSPS) is 13.3. The molecule has 0 aliphatic rings. The predicted octanol–water partition coefficient (Wildman–Crippen LogP) is 8.89. The molecule has 199 valence electrons. The topological polar surface area (TPSA) is 69.7 Å². The quantitative estimate of drug-likeness (QED) is 0.0769. The Morgan fingerprint density at radius 3 is 1.53 bits per heavy atom. The first-order valence-electron chi connectivity index (χ1n) is 13.9. The average molecular weight is 518 g/mol. The molecule has 0 spiro atoms. The molecule has 0 aliphatic heterocycles. The molecular weight excluding hydrogens is 464 g/mol. The van der Waals surface area contributed by atoms with Crippen LogP contribution >= 0.6 is 0 Å². The van der Waals surface area contributed by atoms with Gasteiger partial charge in [-0.15, -0.1) is 0 Å². The van der Waals surface area contributed by atoms with Crippen molar-refractivity contribution in [2.45, 2.75) is 154 Å². The summed E-state index contributed by atoms with van der Waals surface area (Å²) in [5.74, 6) is -0.788. The molecule has 0 aromatic carbocycles. The van der Waals surface area contributed by atoms with Gasteiger partial charge in [0.05, 0.1) is 0 Å². The van der Waals surface area contributed by atoms with Crippen LogP contribution in [0.2, 0.25) is 4.22 Å². The summed E-state index contributed by atoms with van der Waals surface area (Å²) in [6.07, 6.45) is 19.4. The van der Waals surface area contributed by atoms with E-state index < -0.39 is 23.3 Å². The van der Waals surface area contributed by atoms with Crippen molar-refractivity contribution in [2.24, 2.45) is 0 Å². The fraction of sp³-hybridized carbons (Fsp3) is 0.857. The number of carbonyl (C=O) groups is 2. The van der Waals surface area contributed by atoms with Crippen molar-refractivity contribution in [1.82, 2.24) is 0 Å². The van der Waals surface area contributed by atoms with Crippen LogP contribution in [0.3, 0.4) is 0 Å². The molecule has 0 fully saturated rings. The number of rotatable bonds is 23. The summed E-state index contributed by atoms with van der Waals surface area (Å²) in [4.78, 5) is 24.5. The van der Waals surface area contributed by atoms with E-state index in [-0.39, 0.29) is 28.1 Å². The second-order valence-corrected chi connectivity index (χ2v) is 14.7. The van der Waals surface area contributed by atoms with Crippen molar-refractivity contribution in [2.75, 3.05) is 0 Å². The maximum atomic E-state index is 12.8.